The van der Waals surface area contributed by atoms with Crippen LogP contribution < -0.4 is 10.1 Å². The van der Waals surface area contributed by atoms with Gasteiger partial charge in [-0.25, -0.2) is 0 Å². The van der Waals surface area contributed by atoms with Gasteiger partial charge in [-0.2, -0.15) is 0 Å². The Hall–Kier alpha value is -3.59. The summed E-state index contributed by atoms with van der Waals surface area (Å²) >= 11 is 0. The number of fused-ring (bicyclic) bond motifs is 1. The summed E-state index contributed by atoms with van der Waals surface area (Å²) in [6.45, 7) is 8.86. The minimum atomic E-state index is -0.266. The average Bonchev–Trinajstić information content (AvgIpc) is 2.82. The Morgan fingerprint density at radius 1 is 0.879 bits per heavy atom. The summed E-state index contributed by atoms with van der Waals surface area (Å²) in [5.74, 6) is 1.04. The number of hydrogen-bond acceptors (Lipinski definition) is 2. The Bertz CT molecular complexity index is 1270. The van der Waals surface area contributed by atoms with E-state index in [0.29, 0.717) is 12.5 Å². The number of hydrogen-bond donors (Lipinski definition) is 1. The summed E-state index contributed by atoms with van der Waals surface area (Å²) in [4.78, 5) is 13.0. The topological polar surface area (TPSA) is 38.3 Å². The van der Waals surface area contributed by atoms with Gasteiger partial charge in [0.2, 0.25) is 5.91 Å². The van der Waals surface area contributed by atoms with E-state index in [1.165, 1.54) is 11.1 Å². The molecule has 1 N–H and O–H groups in total. The van der Waals surface area contributed by atoms with Crippen LogP contribution >= 0.6 is 0 Å². The van der Waals surface area contributed by atoms with Gasteiger partial charge in [-0.15, -0.1) is 0 Å². The monoisotopic (exact) mass is 437 g/mol. The fourth-order valence-electron chi connectivity index (χ4n) is 4.12. The summed E-state index contributed by atoms with van der Waals surface area (Å²) in [5.41, 5.74) is 5.29. The van der Waals surface area contributed by atoms with Crippen LogP contribution in [0, 0.1) is 6.92 Å². The van der Waals surface area contributed by atoms with E-state index in [0.717, 1.165) is 33.3 Å². The molecule has 1 unspecified atom stereocenters. The van der Waals surface area contributed by atoms with Crippen molar-refractivity contribution in [1.82, 2.24) is 0 Å². The van der Waals surface area contributed by atoms with Crippen LogP contribution in [0.3, 0.4) is 0 Å². The van der Waals surface area contributed by atoms with Gasteiger partial charge in [-0.1, -0.05) is 74.5 Å². The third-order valence-corrected chi connectivity index (χ3v) is 6.02. The van der Waals surface area contributed by atoms with E-state index in [9.17, 15) is 4.79 Å². The summed E-state index contributed by atoms with van der Waals surface area (Å²) in [7, 11) is 0. The molecule has 0 aliphatic rings. The zero-order valence-corrected chi connectivity index (χ0v) is 19.8. The normalized spacial score (nSPS) is 12.0. The number of carbonyl (C=O) groups excluding carboxylic acids is 1. The second-order valence-corrected chi connectivity index (χ2v) is 9.00. The molecule has 4 rings (SSSR count). The van der Waals surface area contributed by atoms with Gasteiger partial charge in [0, 0.05) is 5.69 Å². The second-order valence-electron chi connectivity index (χ2n) is 9.00. The number of rotatable bonds is 7. The molecule has 0 bridgehead atoms. The van der Waals surface area contributed by atoms with Gasteiger partial charge in [0.1, 0.15) is 12.4 Å². The molecule has 0 heterocycles. The first-order chi connectivity index (χ1) is 15.9. The van der Waals surface area contributed by atoms with Crippen LogP contribution in [0.1, 0.15) is 54.9 Å². The van der Waals surface area contributed by atoms with Gasteiger partial charge >= 0.3 is 0 Å². The highest BCUT2D eigenvalue weighted by molar-refractivity contribution is 5.99. The zero-order chi connectivity index (χ0) is 23.4. The predicted molar refractivity (Wildman–Crippen MR) is 137 cm³/mol. The molecule has 1 amide bonds. The van der Waals surface area contributed by atoms with E-state index >= 15 is 0 Å². The summed E-state index contributed by atoms with van der Waals surface area (Å²) in [5, 5.41) is 5.34. The molecule has 3 heteroatoms. The molecular weight excluding hydrogens is 406 g/mol. The molecular formula is C30H31NO2. The van der Waals surface area contributed by atoms with Crippen LogP contribution in [0.4, 0.5) is 5.69 Å². The standard InChI is InChI=1S/C30H31NO2/c1-20(2)25-15-21(3)16-27(18-25)33-19-23-9-7-12-26(17-23)31-30(32)22(4)28-14-8-11-24-10-5-6-13-29(24)28/h5-18,20,22H,19H2,1-4H3,(H,31,32). The molecule has 0 aromatic heterocycles. The van der Waals surface area contributed by atoms with Crippen LogP contribution in [0.5, 0.6) is 5.75 Å². The van der Waals surface area contributed by atoms with Crippen molar-refractivity contribution in [3.8, 4) is 5.75 Å². The molecule has 4 aromatic carbocycles. The van der Waals surface area contributed by atoms with Crippen molar-refractivity contribution < 1.29 is 9.53 Å². The Kier molecular flexibility index (Phi) is 6.79. The van der Waals surface area contributed by atoms with Crippen LogP contribution in [-0.4, -0.2) is 5.91 Å². The van der Waals surface area contributed by atoms with Crippen molar-refractivity contribution in [2.75, 3.05) is 5.32 Å². The van der Waals surface area contributed by atoms with Crippen molar-refractivity contribution in [3.05, 3.63) is 107 Å². The van der Waals surface area contributed by atoms with Gasteiger partial charge in [0.15, 0.2) is 0 Å². The molecule has 1 atom stereocenters. The van der Waals surface area contributed by atoms with Crippen LogP contribution in [0.2, 0.25) is 0 Å². The number of carbonyl (C=O) groups is 1. The molecule has 4 aromatic rings. The van der Waals surface area contributed by atoms with Crippen molar-refractivity contribution in [2.24, 2.45) is 0 Å². The largest absolute Gasteiger partial charge is 0.489 e. The van der Waals surface area contributed by atoms with Gasteiger partial charge < -0.3 is 10.1 Å². The van der Waals surface area contributed by atoms with Gasteiger partial charge in [-0.3, -0.25) is 4.79 Å². The maximum atomic E-state index is 13.0. The fraction of sp³-hybridized carbons (Fsp3) is 0.233. The summed E-state index contributed by atoms with van der Waals surface area (Å²) in [6, 6.07) is 28.5. The maximum Gasteiger partial charge on any atom is 0.231 e. The van der Waals surface area contributed by atoms with Gasteiger partial charge in [0.05, 0.1) is 5.92 Å². The molecule has 0 spiro atoms. The Morgan fingerprint density at radius 3 is 2.45 bits per heavy atom. The number of amides is 1. The van der Waals surface area contributed by atoms with E-state index in [-0.39, 0.29) is 11.8 Å². The van der Waals surface area contributed by atoms with E-state index in [1.807, 2.05) is 55.5 Å². The van der Waals surface area contributed by atoms with E-state index in [4.69, 9.17) is 4.74 Å². The highest BCUT2D eigenvalue weighted by Gasteiger charge is 2.17. The van der Waals surface area contributed by atoms with Crippen molar-refractivity contribution in [2.45, 2.75) is 46.1 Å². The lowest BCUT2D eigenvalue weighted by molar-refractivity contribution is -0.117. The summed E-state index contributed by atoms with van der Waals surface area (Å²) < 4.78 is 6.08. The van der Waals surface area contributed by atoms with Crippen LogP contribution in [0.25, 0.3) is 10.8 Å². The molecule has 168 valence electrons. The molecule has 0 aliphatic carbocycles. The van der Waals surface area contributed by atoms with Gasteiger partial charge in [-0.05, 0) is 77.1 Å². The minimum Gasteiger partial charge on any atom is -0.489 e. The lowest BCUT2D eigenvalue weighted by Gasteiger charge is -2.16. The van der Waals surface area contributed by atoms with E-state index in [2.05, 4.69) is 62.5 Å². The number of aryl methyl sites for hydroxylation is 1. The Labute approximate surface area is 196 Å². The van der Waals surface area contributed by atoms with Crippen LogP contribution in [-0.2, 0) is 11.4 Å². The lowest BCUT2D eigenvalue weighted by atomic mass is 9.94. The average molecular weight is 438 g/mol. The smallest absolute Gasteiger partial charge is 0.231 e. The van der Waals surface area contributed by atoms with E-state index in [1.54, 1.807) is 0 Å². The van der Waals surface area contributed by atoms with E-state index < -0.39 is 0 Å². The lowest BCUT2D eigenvalue weighted by Crippen LogP contribution is -2.19. The first-order valence-corrected chi connectivity index (χ1v) is 11.5. The maximum absolute atomic E-state index is 13.0. The summed E-state index contributed by atoms with van der Waals surface area (Å²) in [6.07, 6.45) is 0. The van der Waals surface area contributed by atoms with Crippen molar-refractivity contribution in [1.29, 1.82) is 0 Å². The highest BCUT2D eigenvalue weighted by Crippen LogP contribution is 2.27. The Morgan fingerprint density at radius 2 is 1.64 bits per heavy atom. The first-order valence-electron chi connectivity index (χ1n) is 11.5. The van der Waals surface area contributed by atoms with Gasteiger partial charge in [0.25, 0.3) is 0 Å². The number of benzene rings is 4. The molecule has 0 fully saturated rings. The quantitative estimate of drug-likeness (QED) is 0.323. The predicted octanol–water partition coefficient (Wildman–Crippen LogP) is 7.59. The number of anilines is 1. The third-order valence-electron chi connectivity index (χ3n) is 6.02. The molecule has 33 heavy (non-hydrogen) atoms. The fourth-order valence-corrected chi connectivity index (χ4v) is 4.12. The highest BCUT2D eigenvalue weighted by atomic mass is 16.5. The number of ether oxygens (including phenoxy) is 1. The molecule has 0 aliphatic heterocycles. The van der Waals surface area contributed by atoms with Crippen molar-refractivity contribution in [3.63, 3.8) is 0 Å². The molecule has 0 saturated carbocycles. The number of nitrogens with one attached hydrogen (secondary N) is 1. The zero-order valence-electron chi connectivity index (χ0n) is 19.8. The van der Waals surface area contributed by atoms with Crippen LogP contribution in [0.15, 0.2) is 84.9 Å². The SMILES string of the molecule is Cc1cc(OCc2cccc(NC(=O)C(C)c3cccc4ccccc34)c2)cc(C(C)C)c1. The van der Waals surface area contributed by atoms with Crippen molar-refractivity contribution >= 4 is 22.4 Å². The molecule has 3 nitrogen and oxygen atoms in total. The minimum absolute atomic E-state index is 0.0234. The molecule has 0 radical (unpaired) electrons. The third kappa shape index (κ3) is 5.43. The molecule has 0 saturated heterocycles. The first kappa shape index (κ1) is 22.6. The Balaban J connectivity index is 1.45. The second kappa shape index (κ2) is 9.91.